The highest BCUT2D eigenvalue weighted by Crippen LogP contribution is 2.44. The van der Waals surface area contributed by atoms with Crippen LogP contribution in [0.2, 0.25) is 0 Å². The first kappa shape index (κ1) is 23.4. The normalized spacial score (nSPS) is 14.9. The second-order valence-electron chi connectivity index (χ2n) is 8.61. The Balaban J connectivity index is 1.51. The summed E-state index contributed by atoms with van der Waals surface area (Å²) in [6, 6.07) is 35.1. The average Bonchev–Trinajstić information content (AvgIpc) is 2.95. The fourth-order valence-electron chi connectivity index (χ4n) is 4.63. The monoisotopic (exact) mass is 475 g/mol. The topological polar surface area (TPSA) is 40.0 Å². The lowest BCUT2D eigenvalue weighted by Crippen LogP contribution is -2.17. The number of nitrogens with zero attached hydrogens (tertiary/aromatic N) is 1. The van der Waals surface area contributed by atoms with Crippen LogP contribution >= 0.6 is 0 Å². The van der Waals surface area contributed by atoms with Crippen molar-refractivity contribution in [3.05, 3.63) is 131 Å². The molecule has 0 amide bonds. The Morgan fingerprint density at radius 2 is 1.47 bits per heavy atom. The quantitative estimate of drug-likeness (QED) is 0.259. The molecule has 0 spiro atoms. The number of hydrogen-bond donors (Lipinski definition) is 0. The van der Waals surface area contributed by atoms with Crippen LogP contribution in [0.15, 0.2) is 114 Å². The molecule has 36 heavy (non-hydrogen) atoms. The van der Waals surface area contributed by atoms with Gasteiger partial charge in [0.25, 0.3) is 0 Å². The van der Waals surface area contributed by atoms with Crippen molar-refractivity contribution >= 4 is 12.0 Å². The van der Waals surface area contributed by atoms with Crippen LogP contribution in [0.1, 0.15) is 28.2 Å². The molecule has 1 atom stereocenters. The molecule has 4 aromatic carbocycles. The molecular formula is C32H29NO3. The third-order valence-corrected chi connectivity index (χ3v) is 6.39. The Labute approximate surface area is 212 Å². The van der Waals surface area contributed by atoms with Crippen molar-refractivity contribution in [2.24, 2.45) is 4.99 Å². The van der Waals surface area contributed by atoms with Gasteiger partial charge < -0.3 is 14.2 Å². The van der Waals surface area contributed by atoms with Gasteiger partial charge in [-0.25, -0.2) is 0 Å². The second kappa shape index (κ2) is 11.0. The van der Waals surface area contributed by atoms with Crippen molar-refractivity contribution < 1.29 is 14.2 Å². The van der Waals surface area contributed by atoms with E-state index in [9.17, 15) is 0 Å². The molecule has 0 saturated carbocycles. The smallest absolute Gasteiger partial charge is 0.160 e. The predicted molar refractivity (Wildman–Crippen MR) is 145 cm³/mol. The second-order valence-corrected chi connectivity index (χ2v) is 8.61. The van der Waals surface area contributed by atoms with Gasteiger partial charge in [-0.3, -0.25) is 4.99 Å². The minimum atomic E-state index is 0.0242. The van der Waals surface area contributed by atoms with Crippen LogP contribution in [0.5, 0.6) is 17.2 Å². The van der Waals surface area contributed by atoms with Gasteiger partial charge in [0.15, 0.2) is 11.5 Å². The van der Waals surface area contributed by atoms with Crippen LogP contribution in [0, 0.1) is 0 Å². The lowest BCUT2D eigenvalue weighted by Gasteiger charge is -2.30. The summed E-state index contributed by atoms with van der Waals surface area (Å²) < 4.78 is 17.3. The number of rotatable bonds is 8. The first-order valence-corrected chi connectivity index (χ1v) is 12.1. The molecule has 4 nitrogen and oxygen atoms in total. The number of hydrogen-bond acceptors (Lipinski definition) is 4. The maximum Gasteiger partial charge on any atom is 0.160 e. The van der Waals surface area contributed by atoms with Crippen LogP contribution < -0.4 is 14.2 Å². The predicted octanol–water partition coefficient (Wildman–Crippen LogP) is 6.95. The molecule has 1 aliphatic heterocycles. The van der Waals surface area contributed by atoms with E-state index in [0.717, 1.165) is 51.7 Å². The molecule has 4 heteroatoms. The largest absolute Gasteiger partial charge is 0.493 e. The fourth-order valence-corrected chi connectivity index (χ4v) is 4.63. The van der Waals surface area contributed by atoms with E-state index >= 15 is 0 Å². The van der Waals surface area contributed by atoms with Crippen molar-refractivity contribution in [3.63, 3.8) is 0 Å². The molecule has 0 aliphatic carbocycles. The minimum Gasteiger partial charge on any atom is -0.493 e. The summed E-state index contributed by atoms with van der Waals surface area (Å²) in [6.45, 7) is 0.643. The van der Waals surface area contributed by atoms with E-state index in [1.54, 1.807) is 14.2 Å². The van der Waals surface area contributed by atoms with Gasteiger partial charge in [-0.2, -0.15) is 0 Å². The number of aliphatic imine (C=N–C) groups is 1. The lowest BCUT2D eigenvalue weighted by molar-refractivity contribution is 0.354. The zero-order valence-corrected chi connectivity index (χ0v) is 20.6. The minimum absolute atomic E-state index is 0.0242. The number of benzene rings is 4. The number of ether oxygens (including phenoxy) is 3. The van der Waals surface area contributed by atoms with Crippen molar-refractivity contribution in [1.29, 1.82) is 0 Å². The molecule has 0 saturated heterocycles. The Bertz CT molecular complexity index is 1380. The summed E-state index contributed by atoms with van der Waals surface area (Å²) in [5.74, 6) is 3.21. The van der Waals surface area contributed by atoms with Gasteiger partial charge >= 0.3 is 0 Å². The molecule has 0 radical (unpaired) electrons. The van der Waals surface area contributed by atoms with Gasteiger partial charge in [0.05, 0.1) is 14.2 Å². The first-order chi connectivity index (χ1) is 17.8. The summed E-state index contributed by atoms with van der Waals surface area (Å²) in [4.78, 5) is 4.88. The summed E-state index contributed by atoms with van der Waals surface area (Å²) in [5.41, 5.74) is 5.59. The van der Waals surface area contributed by atoms with Gasteiger partial charge in [0.1, 0.15) is 11.5 Å². The zero-order chi connectivity index (χ0) is 24.7. The summed E-state index contributed by atoms with van der Waals surface area (Å²) in [7, 11) is 3.30. The number of allylic oxidation sites excluding steroid dienone is 1. The first-order valence-electron chi connectivity index (χ1n) is 12.1. The Morgan fingerprint density at radius 3 is 2.22 bits per heavy atom. The summed E-state index contributed by atoms with van der Waals surface area (Å²) >= 11 is 0. The van der Waals surface area contributed by atoms with Crippen LogP contribution in [0.3, 0.4) is 0 Å². The highest BCUT2D eigenvalue weighted by atomic mass is 16.5. The van der Waals surface area contributed by atoms with E-state index in [-0.39, 0.29) is 5.92 Å². The molecule has 1 heterocycles. The lowest BCUT2D eigenvalue weighted by atomic mass is 9.81. The van der Waals surface area contributed by atoms with Gasteiger partial charge in [0, 0.05) is 35.4 Å². The zero-order valence-electron chi connectivity index (χ0n) is 20.6. The Morgan fingerprint density at radius 1 is 0.778 bits per heavy atom. The highest BCUT2D eigenvalue weighted by Gasteiger charge is 2.30. The molecule has 0 N–H and O–H groups in total. The van der Waals surface area contributed by atoms with Crippen LogP contribution in [-0.4, -0.2) is 27.0 Å². The number of fused-ring (bicyclic) bond motifs is 1. The van der Waals surface area contributed by atoms with Gasteiger partial charge in [-0.1, -0.05) is 84.9 Å². The third kappa shape index (κ3) is 4.89. The standard InChI is InChI=1S/C32H29NO3/c1-34-29-18-17-23(21-30(29)35-2)19-20-33-22-27-31(24-11-5-3-6-12-24)26-15-9-10-16-28(26)36-32(27)25-13-7-4-8-14-25/h3-18,21-22,31H,19-20H2,1-2H3/t31-/m0/s1. The van der Waals surface area contributed by atoms with Crippen molar-refractivity contribution in [2.75, 3.05) is 20.8 Å². The summed E-state index contributed by atoms with van der Waals surface area (Å²) in [6.07, 6.45) is 2.79. The molecule has 4 aromatic rings. The number of para-hydroxylation sites is 1. The van der Waals surface area contributed by atoms with Crippen LogP contribution in [-0.2, 0) is 6.42 Å². The highest BCUT2D eigenvalue weighted by molar-refractivity contribution is 5.94. The third-order valence-electron chi connectivity index (χ3n) is 6.39. The van der Waals surface area contributed by atoms with Crippen molar-refractivity contribution in [1.82, 2.24) is 0 Å². The molecular weight excluding hydrogens is 446 g/mol. The van der Waals surface area contributed by atoms with Gasteiger partial charge in [0.2, 0.25) is 0 Å². The maximum absolute atomic E-state index is 6.51. The van der Waals surface area contributed by atoms with E-state index in [2.05, 4.69) is 54.6 Å². The Hall–Kier alpha value is -4.31. The summed E-state index contributed by atoms with van der Waals surface area (Å²) in [5, 5.41) is 0. The molecule has 0 bridgehead atoms. The van der Waals surface area contributed by atoms with E-state index in [0.29, 0.717) is 6.54 Å². The van der Waals surface area contributed by atoms with Crippen LogP contribution in [0.4, 0.5) is 0 Å². The fraction of sp³-hybridized carbons (Fsp3) is 0.156. The molecule has 5 rings (SSSR count). The average molecular weight is 476 g/mol. The Kier molecular flexibility index (Phi) is 7.13. The van der Waals surface area contributed by atoms with Gasteiger partial charge in [-0.15, -0.1) is 0 Å². The van der Waals surface area contributed by atoms with Gasteiger partial charge in [-0.05, 0) is 35.7 Å². The molecule has 0 unspecified atom stereocenters. The van der Waals surface area contributed by atoms with E-state index in [1.807, 2.05) is 54.7 Å². The maximum atomic E-state index is 6.51. The molecule has 0 aromatic heterocycles. The van der Waals surface area contributed by atoms with Crippen molar-refractivity contribution in [2.45, 2.75) is 12.3 Å². The van der Waals surface area contributed by atoms with E-state index in [4.69, 9.17) is 19.2 Å². The molecule has 1 aliphatic rings. The number of methoxy groups -OCH3 is 2. The molecule has 180 valence electrons. The van der Waals surface area contributed by atoms with E-state index < -0.39 is 0 Å². The SMILES string of the molecule is COc1ccc(CCN=CC2=C(c3ccccc3)Oc3ccccc3[C@@H]2c2ccccc2)cc1OC. The van der Waals surface area contributed by atoms with Crippen LogP contribution in [0.25, 0.3) is 5.76 Å². The molecule has 0 fully saturated rings. The van der Waals surface area contributed by atoms with Crippen molar-refractivity contribution in [3.8, 4) is 17.2 Å². The van der Waals surface area contributed by atoms with E-state index in [1.165, 1.54) is 5.56 Å².